The molecule has 1 rings (SSSR count). The summed E-state index contributed by atoms with van der Waals surface area (Å²) in [5.41, 5.74) is 0.703. The highest BCUT2D eigenvalue weighted by molar-refractivity contribution is 6.35. The van der Waals surface area contributed by atoms with Crippen LogP contribution in [0.25, 0.3) is 0 Å². The van der Waals surface area contributed by atoms with Gasteiger partial charge in [-0.15, -0.1) is 11.6 Å². The van der Waals surface area contributed by atoms with Crippen molar-refractivity contribution in [2.45, 2.75) is 13.0 Å². The number of amides is 2. The van der Waals surface area contributed by atoms with Gasteiger partial charge < -0.3 is 10.6 Å². The lowest BCUT2D eigenvalue weighted by Crippen LogP contribution is -2.40. The number of carbonyl (C=O) groups excluding carboxylic acids is 2. The van der Waals surface area contributed by atoms with Gasteiger partial charge in [0.25, 0.3) is 0 Å². The van der Waals surface area contributed by atoms with Crippen LogP contribution in [0.1, 0.15) is 12.1 Å². The maximum atomic E-state index is 11.3. The minimum Gasteiger partial charge on any atom is -0.348 e. The predicted molar refractivity (Wildman–Crippen MR) is 64.4 cm³/mol. The van der Waals surface area contributed by atoms with Gasteiger partial charge in [-0.1, -0.05) is 6.07 Å². The molecule has 1 aromatic rings. The first-order chi connectivity index (χ1) is 8.24. The summed E-state index contributed by atoms with van der Waals surface area (Å²) < 4.78 is 0. The van der Waals surface area contributed by atoms with Crippen LogP contribution in [0.4, 0.5) is 0 Å². The highest BCUT2D eigenvalue weighted by atomic mass is 35.5. The zero-order valence-corrected chi connectivity index (χ0v) is 10.0. The van der Waals surface area contributed by atoms with Gasteiger partial charge in [0.2, 0.25) is 0 Å². The summed E-state index contributed by atoms with van der Waals surface area (Å²) in [7, 11) is 0. The number of alkyl halides is 1. The lowest BCUT2D eigenvalue weighted by molar-refractivity contribution is -0.139. The summed E-state index contributed by atoms with van der Waals surface area (Å²) >= 11 is 5.45. The summed E-state index contributed by atoms with van der Waals surface area (Å²) in [5.74, 6) is -0.855. The third-order valence-electron chi connectivity index (χ3n) is 1.96. The van der Waals surface area contributed by atoms with Crippen LogP contribution in [0.15, 0.2) is 24.4 Å². The van der Waals surface area contributed by atoms with Crippen molar-refractivity contribution in [1.29, 1.82) is 0 Å². The van der Waals surface area contributed by atoms with Gasteiger partial charge >= 0.3 is 11.8 Å². The second-order valence-electron chi connectivity index (χ2n) is 3.30. The molecule has 1 aromatic heterocycles. The number of rotatable bonds is 5. The maximum absolute atomic E-state index is 11.3. The molecule has 92 valence electrons. The molecule has 0 aliphatic rings. The van der Waals surface area contributed by atoms with Crippen LogP contribution in [-0.2, 0) is 16.1 Å². The molecular weight excluding hydrogens is 242 g/mol. The van der Waals surface area contributed by atoms with E-state index in [1.54, 1.807) is 18.3 Å². The Labute approximate surface area is 105 Å². The zero-order valence-electron chi connectivity index (χ0n) is 9.28. The number of pyridine rings is 1. The van der Waals surface area contributed by atoms with E-state index in [0.29, 0.717) is 24.5 Å². The molecule has 0 bridgehead atoms. The Morgan fingerprint density at radius 1 is 1.24 bits per heavy atom. The van der Waals surface area contributed by atoms with Crippen LogP contribution in [0, 0.1) is 0 Å². The van der Waals surface area contributed by atoms with Gasteiger partial charge in [0.15, 0.2) is 0 Å². The minimum absolute atomic E-state index is 0.239. The van der Waals surface area contributed by atoms with E-state index in [1.165, 1.54) is 0 Å². The molecular formula is C11H14ClN3O2. The second-order valence-corrected chi connectivity index (χ2v) is 3.68. The number of halogens is 1. The molecule has 17 heavy (non-hydrogen) atoms. The summed E-state index contributed by atoms with van der Waals surface area (Å²) in [4.78, 5) is 26.6. The van der Waals surface area contributed by atoms with E-state index in [1.807, 2.05) is 6.07 Å². The Morgan fingerprint density at radius 3 is 2.65 bits per heavy atom. The van der Waals surface area contributed by atoms with Crippen LogP contribution in [-0.4, -0.2) is 29.2 Å². The highest BCUT2D eigenvalue weighted by Crippen LogP contribution is 1.91. The van der Waals surface area contributed by atoms with E-state index < -0.39 is 11.8 Å². The van der Waals surface area contributed by atoms with Gasteiger partial charge in [0.1, 0.15) is 0 Å². The van der Waals surface area contributed by atoms with E-state index in [2.05, 4.69) is 15.6 Å². The van der Waals surface area contributed by atoms with Gasteiger partial charge in [-0.25, -0.2) is 0 Å². The lowest BCUT2D eigenvalue weighted by Gasteiger charge is -2.05. The SMILES string of the molecule is O=C(NCCCCl)C(=O)NCc1ccccn1. The molecule has 0 unspecified atom stereocenters. The van der Waals surface area contributed by atoms with E-state index >= 15 is 0 Å². The summed E-state index contributed by atoms with van der Waals surface area (Å²) in [5, 5.41) is 4.94. The number of hydrogen-bond acceptors (Lipinski definition) is 3. The highest BCUT2D eigenvalue weighted by Gasteiger charge is 2.11. The summed E-state index contributed by atoms with van der Waals surface area (Å²) in [6, 6.07) is 5.37. The Hall–Kier alpha value is -1.62. The molecule has 1 heterocycles. The van der Waals surface area contributed by atoms with Crippen molar-refractivity contribution >= 4 is 23.4 Å². The quantitative estimate of drug-likeness (QED) is 0.456. The van der Waals surface area contributed by atoms with Crippen LogP contribution in [0.3, 0.4) is 0 Å². The first-order valence-corrected chi connectivity index (χ1v) is 5.79. The Kier molecular flexibility index (Phi) is 6.03. The van der Waals surface area contributed by atoms with Crippen LogP contribution in [0.5, 0.6) is 0 Å². The van der Waals surface area contributed by atoms with Crippen LogP contribution >= 0.6 is 11.6 Å². The first-order valence-electron chi connectivity index (χ1n) is 5.26. The molecule has 6 heteroatoms. The number of hydrogen-bond donors (Lipinski definition) is 2. The molecule has 0 radical (unpaired) electrons. The molecule has 0 spiro atoms. The predicted octanol–water partition coefficient (Wildman–Crippen LogP) is 0.443. The second kappa shape index (κ2) is 7.62. The summed E-state index contributed by atoms with van der Waals surface area (Å²) in [6.45, 7) is 0.641. The monoisotopic (exact) mass is 255 g/mol. The molecule has 0 saturated carbocycles. The van der Waals surface area contributed by atoms with E-state index in [4.69, 9.17) is 11.6 Å². The normalized spacial score (nSPS) is 9.71. The zero-order chi connectivity index (χ0) is 12.5. The third kappa shape index (κ3) is 5.31. The Morgan fingerprint density at radius 2 is 2.00 bits per heavy atom. The molecule has 0 fully saturated rings. The fourth-order valence-electron chi connectivity index (χ4n) is 1.10. The van der Waals surface area contributed by atoms with E-state index in [0.717, 1.165) is 0 Å². The average molecular weight is 256 g/mol. The number of nitrogens with zero attached hydrogens (tertiary/aromatic N) is 1. The topological polar surface area (TPSA) is 71.1 Å². The molecule has 0 aromatic carbocycles. The van der Waals surface area contributed by atoms with E-state index in [9.17, 15) is 9.59 Å². The van der Waals surface area contributed by atoms with Crippen molar-refractivity contribution in [3.63, 3.8) is 0 Å². The number of aromatic nitrogens is 1. The van der Waals surface area contributed by atoms with Gasteiger partial charge in [0.05, 0.1) is 12.2 Å². The van der Waals surface area contributed by atoms with Crippen molar-refractivity contribution in [3.05, 3.63) is 30.1 Å². The standard InChI is InChI=1S/C11H14ClN3O2/c12-5-3-7-14-10(16)11(17)15-8-9-4-1-2-6-13-9/h1-2,4,6H,3,5,7-8H2,(H,14,16)(H,15,17). The Balaban J connectivity index is 2.27. The van der Waals surface area contributed by atoms with Gasteiger partial charge in [-0.3, -0.25) is 14.6 Å². The lowest BCUT2D eigenvalue weighted by atomic mass is 10.3. The molecule has 2 N–H and O–H groups in total. The van der Waals surface area contributed by atoms with Gasteiger partial charge in [-0.05, 0) is 18.6 Å². The molecule has 0 aliphatic carbocycles. The van der Waals surface area contributed by atoms with Crippen LogP contribution < -0.4 is 10.6 Å². The van der Waals surface area contributed by atoms with Crippen molar-refractivity contribution < 1.29 is 9.59 Å². The minimum atomic E-state index is -0.662. The average Bonchev–Trinajstić information content (AvgIpc) is 2.37. The molecule has 0 saturated heterocycles. The first kappa shape index (κ1) is 13.4. The third-order valence-corrected chi connectivity index (χ3v) is 2.23. The van der Waals surface area contributed by atoms with Crippen molar-refractivity contribution in [1.82, 2.24) is 15.6 Å². The van der Waals surface area contributed by atoms with Gasteiger partial charge in [0, 0.05) is 18.6 Å². The van der Waals surface area contributed by atoms with Crippen molar-refractivity contribution in [3.8, 4) is 0 Å². The van der Waals surface area contributed by atoms with Gasteiger partial charge in [-0.2, -0.15) is 0 Å². The van der Waals surface area contributed by atoms with Crippen molar-refractivity contribution in [2.24, 2.45) is 0 Å². The van der Waals surface area contributed by atoms with Crippen molar-refractivity contribution in [2.75, 3.05) is 12.4 Å². The largest absolute Gasteiger partial charge is 0.348 e. The van der Waals surface area contributed by atoms with Crippen LogP contribution in [0.2, 0.25) is 0 Å². The Bertz CT molecular complexity index is 370. The molecule has 2 amide bonds. The molecule has 0 atom stereocenters. The van der Waals surface area contributed by atoms with E-state index in [-0.39, 0.29) is 6.54 Å². The molecule has 0 aliphatic heterocycles. The summed E-state index contributed by atoms with van der Waals surface area (Å²) in [6.07, 6.45) is 2.27. The number of nitrogens with one attached hydrogen (secondary N) is 2. The smallest absolute Gasteiger partial charge is 0.309 e. The molecule has 5 nitrogen and oxygen atoms in total. The number of carbonyl (C=O) groups is 2. The fraction of sp³-hybridized carbons (Fsp3) is 0.364. The fourth-order valence-corrected chi connectivity index (χ4v) is 1.24. The maximum Gasteiger partial charge on any atom is 0.309 e.